The first-order chi connectivity index (χ1) is 10.5. The maximum atomic E-state index is 5.98. The van der Waals surface area contributed by atoms with Gasteiger partial charge in [-0.25, -0.2) is 0 Å². The molecule has 0 unspecified atom stereocenters. The van der Waals surface area contributed by atoms with Crippen LogP contribution in [0.25, 0.3) is 0 Å². The second kappa shape index (κ2) is 4.83. The van der Waals surface area contributed by atoms with Crippen molar-refractivity contribution >= 4 is 0 Å². The van der Waals surface area contributed by atoms with E-state index in [2.05, 4.69) is 26.3 Å². The van der Waals surface area contributed by atoms with E-state index < -0.39 is 22.4 Å². The molecule has 0 aliphatic heterocycles. The Kier molecular flexibility index (Phi) is 3.31. The van der Waals surface area contributed by atoms with E-state index >= 15 is 0 Å². The van der Waals surface area contributed by atoms with Crippen molar-refractivity contribution in [2.75, 3.05) is 0 Å². The second-order valence-corrected chi connectivity index (χ2v) is 6.93. The summed E-state index contributed by atoms with van der Waals surface area (Å²) in [5.41, 5.74) is -1.59. The minimum atomic E-state index is -0.397. The highest BCUT2D eigenvalue weighted by Gasteiger charge is 2.72. The molecule has 0 amide bonds. The third-order valence-electron chi connectivity index (χ3n) is 5.20. The standard InChI is InChI=1S/C18H24O4/c1-5-19-15-9-16(20-6-2)12-17(10-15,21-7-3)14-18(11-15,13-16)22-8-4/h5-8H,1-4,9-14H2. The van der Waals surface area contributed by atoms with Gasteiger partial charge in [0.1, 0.15) is 22.4 Å². The van der Waals surface area contributed by atoms with E-state index in [1.165, 1.54) is 25.0 Å². The van der Waals surface area contributed by atoms with Crippen LogP contribution in [0, 0.1) is 0 Å². The summed E-state index contributed by atoms with van der Waals surface area (Å²) in [7, 11) is 0. The van der Waals surface area contributed by atoms with Crippen molar-refractivity contribution in [3.63, 3.8) is 0 Å². The summed E-state index contributed by atoms with van der Waals surface area (Å²) in [6.07, 6.45) is 10.7. The zero-order valence-corrected chi connectivity index (χ0v) is 13.0. The maximum absolute atomic E-state index is 5.98. The highest BCUT2D eigenvalue weighted by atomic mass is 16.5. The van der Waals surface area contributed by atoms with Crippen LogP contribution < -0.4 is 0 Å². The number of rotatable bonds is 8. The lowest BCUT2D eigenvalue weighted by molar-refractivity contribution is -0.301. The summed E-state index contributed by atoms with van der Waals surface area (Å²) in [5.74, 6) is 0. The lowest BCUT2D eigenvalue weighted by Crippen LogP contribution is -2.73. The summed E-state index contributed by atoms with van der Waals surface area (Å²) in [6, 6.07) is 0. The molecule has 0 aromatic rings. The van der Waals surface area contributed by atoms with Crippen molar-refractivity contribution in [1.29, 1.82) is 0 Å². The molecule has 0 saturated heterocycles. The zero-order chi connectivity index (χ0) is 15.9. The Balaban J connectivity index is 2.07. The summed E-state index contributed by atoms with van der Waals surface area (Å²) in [4.78, 5) is 0. The van der Waals surface area contributed by atoms with Crippen LogP contribution in [0.1, 0.15) is 38.5 Å². The van der Waals surface area contributed by atoms with Crippen molar-refractivity contribution < 1.29 is 18.9 Å². The van der Waals surface area contributed by atoms with Crippen molar-refractivity contribution in [3.8, 4) is 0 Å². The first-order valence-electron chi connectivity index (χ1n) is 7.63. The number of hydrogen-bond donors (Lipinski definition) is 0. The van der Waals surface area contributed by atoms with Gasteiger partial charge in [-0.2, -0.15) is 0 Å². The minimum absolute atomic E-state index is 0.397. The van der Waals surface area contributed by atoms with E-state index in [9.17, 15) is 0 Å². The van der Waals surface area contributed by atoms with Gasteiger partial charge in [-0.05, 0) is 0 Å². The van der Waals surface area contributed by atoms with Gasteiger partial charge in [-0.15, -0.1) is 0 Å². The molecular formula is C18H24O4. The average molecular weight is 304 g/mol. The average Bonchev–Trinajstić information content (AvgIpc) is 2.36. The fraction of sp³-hybridized carbons (Fsp3) is 0.556. The Labute approximate surface area is 132 Å². The molecule has 4 aliphatic carbocycles. The molecule has 22 heavy (non-hydrogen) atoms. The molecule has 0 aromatic carbocycles. The Morgan fingerprint density at radius 2 is 0.636 bits per heavy atom. The van der Waals surface area contributed by atoms with Crippen molar-refractivity contribution in [2.24, 2.45) is 0 Å². The van der Waals surface area contributed by atoms with Crippen LogP contribution in [0.4, 0.5) is 0 Å². The van der Waals surface area contributed by atoms with Gasteiger partial charge in [-0.3, -0.25) is 0 Å². The van der Waals surface area contributed by atoms with Gasteiger partial charge in [0.2, 0.25) is 0 Å². The van der Waals surface area contributed by atoms with Gasteiger partial charge in [0, 0.05) is 38.5 Å². The van der Waals surface area contributed by atoms with E-state index in [0.29, 0.717) is 0 Å². The second-order valence-electron chi connectivity index (χ2n) is 6.93. The first kappa shape index (κ1) is 15.1. The Morgan fingerprint density at radius 1 is 0.455 bits per heavy atom. The molecular weight excluding hydrogens is 280 g/mol. The van der Waals surface area contributed by atoms with Gasteiger partial charge in [0.25, 0.3) is 0 Å². The summed E-state index contributed by atoms with van der Waals surface area (Å²) >= 11 is 0. The van der Waals surface area contributed by atoms with Crippen LogP contribution in [0.5, 0.6) is 0 Å². The summed E-state index contributed by atoms with van der Waals surface area (Å²) in [6.45, 7) is 15.0. The molecule has 4 fully saturated rings. The van der Waals surface area contributed by atoms with Crippen molar-refractivity contribution in [2.45, 2.75) is 60.9 Å². The lowest BCUT2D eigenvalue weighted by atomic mass is 9.48. The molecule has 0 atom stereocenters. The molecule has 0 aromatic heterocycles. The highest BCUT2D eigenvalue weighted by Crippen LogP contribution is 2.65. The molecule has 4 aliphatic rings. The van der Waals surface area contributed by atoms with Gasteiger partial charge in [0.05, 0.1) is 25.0 Å². The van der Waals surface area contributed by atoms with Crippen molar-refractivity contribution in [1.82, 2.24) is 0 Å². The van der Waals surface area contributed by atoms with Gasteiger partial charge in [0.15, 0.2) is 0 Å². The van der Waals surface area contributed by atoms with E-state index in [0.717, 1.165) is 38.5 Å². The van der Waals surface area contributed by atoms with Crippen molar-refractivity contribution in [3.05, 3.63) is 51.4 Å². The van der Waals surface area contributed by atoms with E-state index in [1.807, 2.05) is 0 Å². The minimum Gasteiger partial charge on any atom is -0.495 e. The summed E-state index contributed by atoms with van der Waals surface area (Å²) < 4.78 is 23.9. The number of ether oxygens (including phenoxy) is 4. The smallest absolute Gasteiger partial charge is 0.120 e. The predicted molar refractivity (Wildman–Crippen MR) is 83.8 cm³/mol. The quantitative estimate of drug-likeness (QED) is 0.636. The van der Waals surface area contributed by atoms with Crippen LogP contribution >= 0.6 is 0 Å². The van der Waals surface area contributed by atoms with E-state index in [4.69, 9.17) is 18.9 Å². The fourth-order valence-electron chi connectivity index (χ4n) is 5.48. The fourth-order valence-corrected chi connectivity index (χ4v) is 5.48. The molecule has 4 rings (SSSR count). The van der Waals surface area contributed by atoms with Crippen LogP contribution in [0.2, 0.25) is 0 Å². The first-order valence-corrected chi connectivity index (χ1v) is 7.63. The monoisotopic (exact) mass is 304 g/mol. The van der Waals surface area contributed by atoms with Crippen LogP contribution in [0.3, 0.4) is 0 Å². The maximum Gasteiger partial charge on any atom is 0.120 e. The SMILES string of the molecule is C=COC12CC3(OC=C)CC(OC=C)(C1)CC(OC=C)(C2)C3. The van der Waals surface area contributed by atoms with E-state index in [1.54, 1.807) is 0 Å². The lowest BCUT2D eigenvalue weighted by Gasteiger charge is -2.67. The molecule has 0 N–H and O–H groups in total. The molecule has 120 valence electrons. The Hall–Kier alpha value is -1.84. The highest BCUT2D eigenvalue weighted by molar-refractivity contribution is 5.24. The molecule has 0 radical (unpaired) electrons. The normalized spacial score (nSPS) is 44.7. The largest absolute Gasteiger partial charge is 0.495 e. The third-order valence-corrected chi connectivity index (χ3v) is 5.20. The van der Waals surface area contributed by atoms with Gasteiger partial charge in [-0.1, -0.05) is 26.3 Å². The van der Waals surface area contributed by atoms with Crippen LogP contribution in [-0.2, 0) is 18.9 Å². The third kappa shape index (κ3) is 2.13. The zero-order valence-electron chi connectivity index (χ0n) is 13.0. The Morgan fingerprint density at radius 3 is 0.773 bits per heavy atom. The molecule has 4 nitrogen and oxygen atoms in total. The topological polar surface area (TPSA) is 36.9 Å². The van der Waals surface area contributed by atoms with E-state index in [-0.39, 0.29) is 0 Å². The number of hydrogen-bond acceptors (Lipinski definition) is 4. The molecule has 4 bridgehead atoms. The summed E-state index contributed by atoms with van der Waals surface area (Å²) in [5, 5.41) is 0. The molecule has 4 saturated carbocycles. The molecule has 0 spiro atoms. The van der Waals surface area contributed by atoms with Gasteiger partial charge >= 0.3 is 0 Å². The Bertz CT molecular complexity index is 382. The predicted octanol–water partition coefficient (Wildman–Crippen LogP) is 3.96. The molecule has 4 heteroatoms. The van der Waals surface area contributed by atoms with Gasteiger partial charge < -0.3 is 18.9 Å². The van der Waals surface area contributed by atoms with Crippen LogP contribution in [-0.4, -0.2) is 22.4 Å². The van der Waals surface area contributed by atoms with Crippen LogP contribution in [0.15, 0.2) is 51.4 Å². The molecule has 0 heterocycles.